The molecule has 0 aliphatic carbocycles. The molecule has 0 heterocycles. The number of methoxy groups -OCH3 is 1. The van der Waals surface area contributed by atoms with E-state index in [2.05, 4.69) is 15.9 Å². The molecule has 0 amide bonds. The van der Waals surface area contributed by atoms with Crippen LogP contribution < -0.4 is 4.74 Å². The highest BCUT2D eigenvalue weighted by Crippen LogP contribution is 2.22. The van der Waals surface area contributed by atoms with E-state index in [1.54, 1.807) is 18.2 Å². The lowest BCUT2D eigenvalue weighted by atomic mass is 10.0. The molecule has 20 heavy (non-hydrogen) atoms. The lowest BCUT2D eigenvalue weighted by Crippen LogP contribution is -2.15. The third kappa shape index (κ3) is 3.81. The molecule has 2 nitrogen and oxygen atoms in total. The minimum absolute atomic E-state index is 0.207. The first-order valence-corrected chi connectivity index (χ1v) is 7.13. The summed E-state index contributed by atoms with van der Waals surface area (Å²) in [6.07, 6.45) is 0.126. The van der Waals surface area contributed by atoms with Crippen molar-refractivity contribution < 1.29 is 14.2 Å². The van der Waals surface area contributed by atoms with E-state index < -0.39 is 11.9 Å². The second kappa shape index (κ2) is 6.86. The molecule has 0 aliphatic heterocycles. The van der Waals surface area contributed by atoms with Crippen molar-refractivity contribution in [2.45, 2.75) is 18.9 Å². The molecule has 0 bridgehead atoms. The van der Waals surface area contributed by atoms with Crippen LogP contribution in [0.4, 0.5) is 4.39 Å². The van der Waals surface area contributed by atoms with Gasteiger partial charge in [-0.3, -0.25) is 0 Å². The van der Waals surface area contributed by atoms with Crippen LogP contribution in [0.2, 0.25) is 0 Å². The van der Waals surface area contributed by atoms with E-state index >= 15 is 0 Å². The SMILES string of the molecule is COc1cccc(CC(O)Cc2ccc(Br)cc2)c1F. The van der Waals surface area contributed by atoms with Gasteiger partial charge in [0.05, 0.1) is 13.2 Å². The Morgan fingerprint density at radius 2 is 1.85 bits per heavy atom. The Balaban J connectivity index is 2.04. The second-order valence-electron chi connectivity index (χ2n) is 4.62. The normalized spacial score (nSPS) is 12.2. The summed E-state index contributed by atoms with van der Waals surface area (Å²) in [5.41, 5.74) is 1.48. The highest BCUT2D eigenvalue weighted by Gasteiger charge is 2.13. The van der Waals surface area contributed by atoms with Crippen molar-refractivity contribution >= 4 is 15.9 Å². The molecule has 0 spiro atoms. The largest absolute Gasteiger partial charge is 0.494 e. The van der Waals surface area contributed by atoms with Gasteiger partial charge in [0.2, 0.25) is 0 Å². The number of hydrogen-bond acceptors (Lipinski definition) is 2. The standard InChI is InChI=1S/C16H16BrFO2/c1-20-15-4-2-3-12(16(15)18)10-14(19)9-11-5-7-13(17)8-6-11/h2-8,14,19H,9-10H2,1H3. The zero-order valence-corrected chi connectivity index (χ0v) is 12.7. The Labute approximate surface area is 126 Å². The van der Waals surface area contributed by atoms with Crippen LogP contribution in [0, 0.1) is 5.82 Å². The zero-order valence-electron chi connectivity index (χ0n) is 11.1. The van der Waals surface area contributed by atoms with E-state index in [4.69, 9.17) is 4.74 Å². The highest BCUT2D eigenvalue weighted by atomic mass is 79.9. The summed E-state index contributed by atoms with van der Waals surface area (Å²) in [5.74, 6) is -0.191. The molecule has 4 heteroatoms. The van der Waals surface area contributed by atoms with Gasteiger partial charge >= 0.3 is 0 Å². The Bertz CT molecular complexity index is 569. The van der Waals surface area contributed by atoms with Gasteiger partial charge in [-0.15, -0.1) is 0 Å². The zero-order chi connectivity index (χ0) is 14.5. The Morgan fingerprint density at radius 1 is 1.15 bits per heavy atom. The van der Waals surface area contributed by atoms with Gasteiger partial charge in [0.25, 0.3) is 0 Å². The van der Waals surface area contributed by atoms with Crippen molar-refractivity contribution in [3.63, 3.8) is 0 Å². The molecule has 1 N–H and O–H groups in total. The average Bonchev–Trinajstić information content (AvgIpc) is 2.44. The summed E-state index contributed by atoms with van der Waals surface area (Å²) >= 11 is 3.36. The first-order valence-electron chi connectivity index (χ1n) is 6.34. The average molecular weight is 339 g/mol. The topological polar surface area (TPSA) is 29.5 Å². The number of benzene rings is 2. The second-order valence-corrected chi connectivity index (χ2v) is 5.54. The highest BCUT2D eigenvalue weighted by molar-refractivity contribution is 9.10. The number of aliphatic hydroxyl groups is 1. The van der Waals surface area contributed by atoms with Crippen molar-refractivity contribution in [2.24, 2.45) is 0 Å². The van der Waals surface area contributed by atoms with E-state index in [0.717, 1.165) is 10.0 Å². The molecule has 1 atom stereocenters. The molecule has 0 saturated heterocycles. The predicted octanol–water partition coefficient (Wildman–Crippen LogP) is 3.74. The van der Waals surface area contributed by atoms with Crippen molar-refractivity contribution in [3.8, 4) is 5.75 Å². The molecule has 0 aliphatic rings. The Kier molecular flexibility index (Phi) is 5.15. The molecule has 0 fully saturated rings. The van der Waals surface area contributed by atoms with Gasteiger partial charge in [-0.1, -0.05) is 40.2 Å². The van der Waals surface area contributed by atoms with Crippen LogP contribution in [0.5, 0.6) is 5.75 Å². The summed E-state index contributed by atoms with van der Waals surface area (Å²) in [5, 5.41) is 10.1. The summed E-state index contributed by atoms with van der Waals surface area (Å²) in [6, 6.07) is 12.7. The Morgan fingerprint density at radius 3 is 2.50 bits per heavy atom. The lowest BCUT2D eigenvalue weighted by Gasteiger charge is -2.13. The quantitative estimate of drug-likeness (QED) is 0.899. The van der Waals surface area contributed by atoms with Gasteiger partial charge in [-0.2, -0.15) is 0 Å². The van der Waals surface area contributed by atoms with Crippen molar-refractivity contribution in [2.75, 3.05) is 7.11 Å². The third-order valence-electron chi connectivity index (χ3n) is 3.10. The van der Waals surface area contributed by atoms with Crippen molar-refractivity contribution in [3.05, 3.63) is 63.9 Å². The van der Waals surface area contributed by atoms with E-state index in [1.165, 1.54) is 7.11 Å². The van der Waals surface area contributed by atoms with Crippen LogP contribution in [0.25, 0.3) is 0 Å². The lowest BCUT2D eigenvalue weighted by molar-refractivity contribution is 0.174. The van der Waals surface area contributed by atoms with Crippen molar-refractivity contribution in [1.29, 1.82) is 0 Å². The molecule has 0 radical (unpaired) electrons. The van der Waals surface area contributed by atoms with Gasteiger partial charge < -0.3 is 9.84 Å². The van der Waals surface area contributed by atoms with Gasteiger partial charge in [-0.25, -0.2) is 4.39 Å². The maximum Gasteiger partial charge on any atom is 0.168 e. The van der Waals surface area contributed by atoms with Crippen molar-refractivity contribution in [1.82, 2.24) is 0 Å². The molecule has 0 aromatic heterocycles. The van der Waals surface area contributed by atoms with E-state index in [1.807, 2.05) is 24.3 Å². The fourth-order valence-corrected chi connectivity index (χ4v) is 2.35. The van der Waals surface area contributed by atoms with Gasteiger partial charge in [0, 0.05) is 10.9 Å². The monoisotopic (exact) mass is 338 g/mol. The molecule has 1 unspecified atom stereocenters. The number of aliphatic hydroxyl groups excluding tert-OH is 1. The van der Waals surface area contributed by atoms with Crippen LogP contribution in [-0.4, -0.2) is 18.3 Å². The number of ether oxygens (including phenoxy) is 1. The molecular formula is C16H16BrFO2. The minimum Gasteiger partial charge on any atom is -0.494 e. The summed E-state index contributed by atoms with van der Waals surface area (Å²) in [4.78, 5) is 0. The van der Waals surface area contributed by atoms with Gasteiger partial charge in [-0.05, 0) is 35.7 Å². The molecule has 2 rings (SSSR count). The fraction of sp³-hybridized carbons (Fsp3) is 0.250. The maximum atomic E-state index is 14.0. The first kappa shape index (κ1) is 15.0. The number of halogens is 2. The van der Waals surface area contributed by atoms with Gasteiger partial charge in [0.15, 0.2) is 11.6 Å². The molecule has 106 valence electrons. The number of hydrogen-bond donors (Lipinski definition) is 1. The van der Waals surface area contributed by atoms with Gasteiger partial charge in [0.1, 0.15) is 0 Å². The maximum absolute atomic E-state index is 14.0. The van der Waals surface area contributed by atoms with E-state index in [-0.39, 0.29) is 12.2 Å². The molecule has 2 aromatic rings. The number of rotatable bonds is 5. The summed E-state index contributed by atoms with van der Waals surface area (Å²) < 4.78 is 19.9. The van der Waals surface area contributed by atoms with E-state index in [9.17, 15) is 9.50 Å². The third-order valence-corrected chi connectivity index (χ3v) is 3.63. The summed E-state index contributed by atoms with van der Waals surface area (Å²) in [7, 11) is 1.43. The van der Waals surface area contributed by atoms with Crippen LogP contribution in [0.1, 0.15) is 11.1 Å². The van der Waals surface area contributed by atoms with E-state index in [0.29, 0.717) is 12.0 Å². The first-order chi connectivity index (χ1) is 9.60. The van der Waals surface area contributed by atoms with Crippen LogP contribution >= 0.6 is 15.9 Å². The molecular weight excluding hydrogens is 323 g/mol. The predicted molar refractivity (Wildman–Crippen MR) is 80.5 cm³/mol. The minimum atomic E-state index is -0.627. The fourth-order valence-electron chi connectivity index (χ4n) is 2.09. The summed E-state index contributed by atoms with van der Waals surface area (Å²) in [6.45, 7) is 0. The molecule has 0 saturated carbocycles. The smallest absolute Gasteiger partial charge is 0.168 e. The Hall–Kier alpha value is -1.39. The van der Waals surface area contributed by atoms with Crippen LogP contribution in [-0.2, 0) is 12.8 Å². The van der Waals surface area contributed by atoms with Crippen LogP contribution in [0.15, 0.2) is 46.9 Å². The van der Waals surface area contributed by atoms with Crippen LogP contribution in [0.3, 0.4) is 0 Å². The molecule has 2 aromatic carbocycles.